The van der Waals surface area contributed by atoms with Crippen LogP contribution in [0, 0.1) is 5.82 Å². The summed E-state index contributed by atoms with van der Waals surface area (Å²) in [7, 11) is 0. The van der Waals surface area contributed by atoms with Crippen molar-refractivity contribution in [1.82, 2.24) is 15.3 Å². The number of aromatic nitrogens is 2. The van der Waals surface area contributed by atoms with Gasteiger partial charge in [0.25, 0.3) is 5.91 Å². The molecule has 168 valence electrons. The average molecular weight is 452 g/mol. The average Bonchev–Trinajstić information content (AvgIpc) is 3.26. The Hall–Kier alpha value is -4.52. The van der Waals surface area contributed by atoms with Crippen LogP contribution < -0.4 is 10.6 Å². The number of anilines is 1. The number of rotatable bonds is 6. The monoisotopic (exact) mass is 452 g/mol. The second kappa shape index (κ2) is 9.15. The zero-order valence-corrected chi connectivity index (χ0v) is 18.1. The van der Waals surface area contributed by atoms with Crippen LogP contribution in [0.25, 0.3) is 21.7 Å². The molecule has 0 radical (unpaired) electrons. The van der Waals surface area contributed by atoms with Crippen molar-refractivity contribution in [1.29, 1.82) is 0 Å². The first-order chi connectivity index (χ1) is 16.6. The van der Waals surface area contributed by atoms with E-state index in [9.17, 15) is 14.0 Å². The predicted molar refractivity (Wildman–Crippen MR) is 130 cm³/mol. The van der Waals surface area contributed by atoms with Crippen molar-refractivity contribution in [2.75, 3.05) is 5.32 Å². The number of amides is 2. The Morgan fingerprint density at radius 1 is 0.941 bits per heavy atom. The summed E-state index contributed by atoms with van der Waals surface area (Å²) in [5.74, 6) is -1.06. The normalized spacial score (nSPS) is 11.9. The molecule has 3 aromatic carbocycles. The molecule has 5 aromatic rings. The molecule has 6 nitrogen and oxygen atoms in total. The van der Waals surface area contributed by atoms with Crippen LogP contribution in [0.2, 0.25) is 0 Å². The lowest BCUT2D eigenvalue weighted by molar-refractivity contribution is -0.118. The summed E-state index contributed by atoms with van der Waals surface area (Å²) in [5, 5.41) is 8.16. The number of halogens is 1. The van der Waals surface area contributed by atoms with Gasteiger partial charge in [-0.1, -0.05) is 30.3 Å². The van der Waals surface area contributed by atoms with Crippen LogP contribution >= 0.6 is 0 Å². The highest BCUT2D eigenvalue weighted by atomic mass is 19.1. The van der Waals surface area contributed by atoms with E-state index in [4.69, 9.17) is 0 Å². The summed E-state index contributed by atoms with van der Waals surface area (Å²) in [6, 6.07) is 19.7. The van der Waals surface area contributed by atoms with E-state index in [2.05, 4.69) is 20.6 Å². The minimum Gasteiger partial charge on any atom is -0.361 e. The minimum atomic E-state index is -0.830. The van der Waals surface area contributed by atoms with Gasteiger partial charge in [-0.15, -0.1) is 0 Å². The van der Waals surface area contributed by atoms with Gasteiger partial charge in [-0.2, -0.15) is 0 Å². The van der Waals surface area contributed by atoms with Crippen molar-refractivity contribution in [2.45, 2.75) is 12.5 Å². The maximum absolute atomic E-state index is 13.5. The zero-order valence-electron chi connectivity index (χ0n) is 18.1. The summed E-state index contributed by atoms with van der Waals surface area (Å²) in [6.45, 7) is 0. The van der Waals surface area contributed by atoms with E-state index in [0.717, 1.165) is 21.9 Å². The Kier molecular flexibility index (Phi) is 5.74. The molecule has 0 fully saturated rings. The lowest BCUT2D eigenvalue weighted by atomic mass is 10.0. The first-order valence-corrected chi connectivity index (χ1v) is 10.8. The number of pyridine rings is 1. The first kappa shape index (κ1) is 21.3. The summed E-state index contributed by atoms with van der Waals surface area (Å²) >= 11 is 0. The lowest BCUT2D eigenvalue weighted by Gasteiger charge is -2.19. The third-order valence-electron chi connectivity index (χ3n) is 5.73. The molecule has 0 saturated heterocycles. The van der Waals surface area contributed by atoms with Gasteiger partial charge in [-0.3, -0.25) is 14.6 Å². The lowest BCUT2D eigenvalue weighted by Crippen LogP contribution is -2.45. The van der Waals surface area contributed by atoms with Crippen LogP contribution in [0.3, 0.4) is 0 Å². The third-order valence-corrected chi connectivity index (χ3v) is 5.73. The number of hydrogen-bond donors (Lipinski definition) is 3. The maximum Gasteiger partial charge on any atom is 0.251 e. The van der Waals surface area contributed by atoms with Crippen molar-refractivity contribution in [3.05, 3.63) is 108 Å². The van der Waals surface area contributed by atoms with Crippen LogP contribution in [0.4, 0.5) is 10.1 Å². The molecule has 0 spiro atoms. The Morgan fingerprint density at radius 2 is 1.71 bits per heavy atom. The van der Waals surface area contributed by atoms with Gasteiger partial charge in [0.1, 0.15) is 11.9 Å². The summed E-state index contributed by atoms with van der Waals surface area (Å²) in [6.07, 6.45) is 5.32. The standard InChI is InChI=1S/C27H21FN4O2/c28-21-8-7-17-13-19(6-5-18(17)14-21)26(33)32-25(27(34)31-22-9-11-29-12-10-22)15-20-16-30-24-4-2-1-3-23(20)24/h1-14,16,25,30H,15H2,(H,32,33)(H,29,31,34)/t25-/m0/s1. The molecule has 0 aliphatic rings. The molecule has 0 aliphatic carbocycles. The largest absolute Gasteiger partial charge is 0.361 e. The van der Waals surface area contributed by atoms with Gasteiger partial charge < -0.3 is 15.6 Å². The van der Waals surface area contributed by atoms with Crippen LogP contribution in [0.15, 0.2) is 91.4 Å². The van der Waals surface area contributed by atoms with E-state index >= 15 is 0 Å². The van der Waals surface area contributed by atoms with Crippen molar-refractivity contribution < 1.29 is 14.0 Å². The van der Waals surface area contributed by atoms with E-state index in [-0.39, 0.29) is 17.6 Å². The molecule has 2 heterocycles. The SMILES string of the molecule is O=C(N[C@@H](Cc1c[nH]c2ccccc12)C(=O)Nc1ccncc1)c1ccc2cc(F)ccc2c1. The van der Waals surface area contributed by atoms with Gasteiger partial charge in [-0.25, -0.2) is 4.39 Å². The van der Waals surface area contributed by atoms with E-state index in [1.54, 1.807) is 48.8 Å². The topological polar surface area (TPSA) is 86.9 Å². The van der Waals surface area contributed by atoms with E-state index in [0.29, 0.717) is 23.1 Å². The molecule has 0 saturated carbocycles. The molecule has 0 bridgehead atoms. The second-order valence-corrected chi connectivity index (χ2v) is 8.02. The number of fused-ring (bicyclic) bond motifs is 2. The van der Waals surface area contributed by atoms with Gasteiger partial charge in [0.2, 0.25) is 5.91 Å². The molecule has 34 heavy (non-hydrogen) atoms. The van der Waals surface area contributed by atoms with Crippen molar-refractivity contribution >= 4 is 39.2 Å². The fourth-order valence-electron chi connectivity index (χ4n) is 3.99. The molecule has 7 heteroatoms. The van der Waals surface area contributed by atoms with Crippen LogP contribution in [0.1, 0.15) is 15.9 Å². The summed E-state index contributed by atoms with van der Waals surface area (Å²) < 4.78 is 13.5. The third kappa shape index (κ3) is 4.49. The zero-order chi connectivity index (χ0) is 23.5. The van der Waals surface area contributed by atoms with Gasteiger partial charge in [0.15, 0.2) is 0 Å². The number of para-hydroxylation sites is 1. The molecule has 2 amide bonds. The highest BCUT2D eigenvalue weighted by molar-refractivity contribution is 6.03. The highest BCUT2D eigenvalue weighted by Crippen LogP contribution is 2.21. The van der Waals surface area contributed by atoms with Crippen LogP contribution in [0.5, 0.6) is 0 Å². The molecule has 5 rings (SSSR count). The molecule has 3 N–H and O–H groups in total. The van der Waals surface area contributed by atoms with Crippen molar-refractivity contribution in [3.8, 4) is 0 Å². The first-order valence-electron chi connectivity index (χ1n) is 10.8. The molecular weight excluding hydrogens is 431 g/mol. The number of hydrogen-bond acceptors (Lipinski definition) is 3. The Morgan fingerprint density at radius 3 is 2.56 bits per heavy atom. The van der Waals surface area contributed by atoms with E-state index < -0.39 is 6.04 Å². The molecule has 1 atom stereocenters. The highest BCUT2D eigenvalue weighted by Gasteiger charge is 2.23. The molecular formula is C27H21FN4O2. The number of nitrogens with one attached hydrogen (secondary N) is 3. The predicted octanol–water partition coefficient (Wildman–Crippen LogP) is 4.84. The number of aromatic amines is 1. The van der Waals surface area contributed by atoms with Crippen molar-refractivity contribution in [3.63, 3.8) is 0 Å². The van der Waals surface area contributed by atoms with Crippen LogP contribution in [-0.4, -0.2) is 27.8 Å². The second-order valence-electron chi connectivity index (χ2n) is 8.02. The van der Waals surface area contributed by atoms with E-state index in [1.165, 1.54) is 12.1 Å². The quantitative estimate of drug-likeness (QED) is 0.345. The smallest absolute Gasteiger partial charge is 0.251 e. The Balaban J connectivity index is 1.42. The number of benzene rings is 3. The number of nitrogens with zero attached hydrogens (tertiary/aromatic N) is 1. The minimum absolute atomic E-state index is 0.297. The number of H-pyrrole nitrogens is 1. The fraction of sp³-hybridized carbons (Fsp3) is 0.0741. The summed E-state index contributed by atoms with van der Waals surface area (Å²) in [4.78, 5) is 33.5. The maximum atomic E-state index is 13.5. The molecule has 0 unspecified atom stereocenters. The van der Waals surface area contributed by atoms with Gasteiger partial charge in [-0.05, 0) is 58.8 Å². The van der Waals surface area contributed by atoms with Crippen molar-refractivity contribution in [2.24, 2.45) is 0 Å². The fourth-order valence-corrected chi connectivity index (χ4v) is 3.99. The van der Waals surface area contributed by atoms with E-state index in [1.807, 2.05) is 30.5 Å². The summed E-state index contributed by atoms with van der Waals surface area (Å²) in [5.41, 5.74) is 2.85. The molecule has 2 aromatic heterocycles. The Bertz CT molecular complexity index is 1500. The van der Waals surface area contributed by atoms with Gasteiger partial charge in [0.05, 0.1) is 0 Å². The number of carbonyl (C=O) groups is 2. The Labute approximate surface area is 194 Å². The van der Waals surface area contributed by atoms with Gasteiger partial charge >= 0.3 is 0 Å². The number of carbonyl (C=O) groups excluding carboxylic acids is 2. The van der Waals surface area contributed by atoms with Gasteiger partial charge in [0, 0.05) is 47.2 Å². The molecule has 0 aliphatic heterocycles. The van der Waals surface area contributed by atoms with Crippen LogP contribution in [-0.2, 0) is 11.2 Å².